The van der Waals surface area contributed by atoms with E-state index in [1.807, 2.05) is 36.5 Å². The third-order valence-corrected chi connectivity index (χ3v) is 4.75. The van der Waals surface area contributed by atoms with Crippen LogP contribution < -0.4 is 15.0 Å². The summed E-state index contributed by atoms with van der Waals surface area (Å²) >= 11 is 0. The van der Waals surface area contributed by atoms with Crippen LogP contribution in [0.25, 0.3) is 0 Å². The van der Waals surface area contributed by atoms with E-state index in [4.69, 9.17) is 14.5 Å². The van der Waals surface area contributed by atoms with Crippen molar-refractivity contribution in [3.63, 3.8) is 0 Å². The third-order valence-electron chi connectivity index (χ3n) is 4.75. The Kier molecular flexibility index (Phi) is 10.7. The van der Waals surface area contributed by atoms with Gasteiger partial charge in [-0.15, -0.1) is 24.0 Å². The molecule has 1 N–H and O–H groups in total. The van der Waals surface area contributed by atoms with Gasteiger partial charge >= 0.3 is 0 Å². The third kappa shape index (κ3) is 7.32. The highest BCUT2D eigenvalue weighted by atomic mass is 127. The van der Waals surface area contributed by atoms with Gasteiger partial charge in [0.05, 0.1) is 13.2 Å². The summed E-state index contributed by atoms with van der Waals surface area (Å²) in [7, 11) is 1.67. The molecule has 2 heterocycles. The number of pyridine rings is 1. The molecule has 30 heavy (non-hydrogen) atoms. The Morgan fingerprint density at radius 1 is 1.10 bits per heavy atom. The van der Waals surface area contributed by atoms with Crippen molar-refractivity contribution < 1.29 is 9.47 Å². The Morgan fingerprint density at radius 3 is 2.63 bits per heavy atom. The van der Waals surface area contributed by atoms with Gasteiger partial charge in [0.2, 0.25) is 0 Å². The average molecular weight is 525 g/mol. The lowest BCUT2D eigenvalue weighted by atomic mass is 10.2. The number of nitrogens with zero attached hydrogens (tertiary/aromatic N) is 4. The van der Waals surface area contributed by atoms with Crippen LogP contribution in [0, 0.1) is 0 Å². The Balaban J connectivity index is 0.00000320. The monoisotopic (exact) mass is 525 g/mol. The summed E-state index contributed by atoms with van der Waals surface area (Å²) < 4.78 is 10.7. The first-order valence-corrected chi connectivity index (χ1v) is 10.2. The summed E-state index contributed by atoms with van der Waals surface area (Å²) in [5, 5.41) is 3.43. The van der Waals surface area contributed by atoms with Gasteiger partial charge in [0.25, 0.3) is 0 Å². The van der Waals surface area contributed by atoms with Crippen LogP contribution in [0.15, 0.2) is 53.7 Å². The highest BCUT2D eigenvalue weighted by Gasteiger charge is 2.20. The number of anilines is 1. The Hall–Kier alpha value is -2.07. The molecule has 2 aromatic rings. The van der Waals surface area contributed by atoms with Crippen molar-refractivity contribution in [1.82, 2.24) is 15.2 Å². The molecule has 1 aliphatic rings. The van der Waals surface area contributed by atoms with Gasteiger partial charge in [0.1, 0.15) is 18.2 Å². The van der Waals surface area contributed by atoms with Gasteiger partial charge in [-0.1, -0.05) is 18.2 Å². The molecule has 0 amide bonds. The van der Waals surface area contributed by atoms with Gasteiger partial charge in [-0.2, -0.15) is 0 Å². The summed E-state index contributed by atoms with van der Waals surface area (Å²) in [5.41, 5.74) is 1.13. The molecule has 0 spiro atoms. The fourth-order valence-corrected chi connectivity index (χ4v) is 3.26. The molecule has 0 radical (unpaired) electrons. The molecular formula is C22H32IN5O2. The van der Waals surface area contributed by atoms with E-state index >= 15 is 0 Å². The standard InChI is InChI=1S/C22H31N5O2.HI/c1-3-23-22(25-18-19-7-6-8-20(17-19)29-16-15-28-2)27-13-11-26(12-14-27)21-9-4-5-10-24-21;/h4-10,17H,3,11-16,18H2,1-2H3,(H,23,25);1H. The zero-order valence-corrected chi connectivity index (χ0v) is 20.1. The first-order valence-electron chi connectivity index (χ1n) is 10.2. The summed E-state index contributed by atoms with van der Waals surface area (Å²) in [4.78, 5) is 14.0. The molecule has 164 valence electrons. The molecule has 0 bridgehead atoms. The van der Waals surface area contributed by atoms with Crippen molar-refractivity contribution in [2.75, 3.05) is 57.9 Å². The van der Waals surface area contributed by atoms with Crippen LogP contribution in [0.3, 0.4) is 0 Å². The summed E-state index contributed by atoms with van der Waals surface area (Å²) in [6.45, 7) is 8.40. The van der Waals surface area contributed by atoms with Gasteiger partial charge in [-0.3, -0.25) is 0 Å². The molecule has 0 aliphatic carbocycles. The van der Waals surface area contributed by atoms with E-state index in [2.05, 4.69) is 39.2 Å². The summed E-state index contributed by atoms with van der Waals surface area (Å²) in [6.07, 6.45) is 1.85. The zero-order chi connectivity index (χ0) is 20.3. The van der Waals surface area contributed by atoms with Crippen LogP contribution in [0.2, 0.25) is 0 Å². The maximum atomic E-state index is 5.70. The number of methoxy groups -OCH3 is 1. The first kappa shape index (κ1) is 24.2. The van der Waals surface area contributed by atoms with Crippen molar-refractivity contribution >= 4 is 35.8 Å². The molecule has 1 saturated heterocycles. The SMILES string of the molecule is CCNC(=NCc1cccc(OCCOC)c1)N1CCN(c2ccccn2)CC1.I. The first-order chi connectivity index (χ1) is 14.3. The number of benzene rings is 1. The minimum Gasteiger partial charge on any atom is -0.491 e. The fraction of sp³-hybridized carbons (Fsp3) is 0.455. The molecule has 0 unspecified atom stereocenters. The fourth-order valence-electron chi connectivity index (χ4n) is 3.26. The van der Waals surface area contributed by atoms with E-state index < -0.39 is 0 Å². The number of halogens is 1. The molecule has 8 heteroatoms. The summed E-state index contributed by atoms with van der Waals surface area (Å²) in [5.74, 6) is 2.85. The zero-order valence-electron chi connectivity index (χ0n) is 17.8. The predicted molar refractivity (Wildman–Crippen MR) is 132 cm³/mol. The summed E-state index contributed by atoms with van der Waals surface area (Å²) in [6, 6.07) is 14.1. The van der Waals surface area contributed by atoms with Crippen LogP contribution in [0.5, 0.6) is 5.75 Å². The van der Waals surface area contributed by atoms with Crippen molar-refractivity contribution in [3.05, 3.63) is 54.2 Å². The van der Waals surface area contributed by atoms with Gasteiger partial charge in [0.15, 0.2) is 5.96 Å². The number of guanidine groups is 1. The number of rotatable bonds is 8. The second-order valence-electron chi connectivity index (χ2n) is 6.82. The molecule has 1 aliphatic heterocycles. The Labute approximate surface area is 196 Å². The molecule has 0 atom stereocenters. The van der Waals surface area contributed by atoms with Gasteiger partial charge < -0.3 is 24.6 Å². The molecular weight excluding hydrogens is 493 g/mol. The van der Waals surface area contributed by atoms with Crippen molar-refractivity contribution in [2.24, 2.45) is 4.99 Å². The highest BCUT2D eigenvalue weighted by molar-refractivity contribution is 14.0. The van der Waals surface area contributed by atoms with Crippen LogP contribution in [0.1, 0.15) is 12.5 Å². The van der Waals surface area contributed by atoms with E-state index in [9.17, 15) is 0 Å². The van der Waals surface area contributed by atoms with Gasteiger partial charge in [0, 0.05) is 46.0 Å². The lowest BCUT2D eigenvalue weighted by Gasteiger charge is -2.37. The smallest absolute Gasteiger partial charge is 0.194 e. The van der Waals surface area contributed by atoms with E-state index in [-0.39, 0.29) is 24.0 Å². The normalized spacial score (nSPS) is 14.3. The van der Waals surface area contributed by atoms with Gasteiger partial charge in [-0.05, 0) is 36.8 Å². The van der Waals surface area contributed by atoms with Crippen molar-refractivity contribution in [2.45, 2.75) is 13.5 Å². The number of aliphatic imine (C=N–C) groups is 1. The minimum atomic E-state index is 0. The van der Waals surface area contributed by atoms with Crippen LogP contribution in [-0.4, -0.2) is 68.9 Å². The predicted octanol–water partition coefficient (Wildman–Crippen LogP) is 3.01. The lowest BCUT2D eigenvalue weighted by molar-refractivity contribution is 0.146. The number of nitrogens with one attached hydrogen (secondary N) is 1. The molecule has 1 aromatic carbocycles. The maximum absolute atomic E-state index is 5.70. The largest absolute Gasteiger partial charge is 0.491 e. The number of hydrogen-bond donors (Lipinski definition) is 1. The van der Waals surface area contributed by atoms with Crippen LogP contribution >= 0.6 is 24.0 Å². The van der Waals surface area contributed by atoms with E-state index in [0.29, 0.717) is 19.8 Å². The molecule has 3 rings (SSSR count). The molecule has 1 fully saturated rings. The lowest BCUT2D eigenvalue weighted by Crippen LogP contribution is -2.52. The Bertz CT molecular complexity index is 767. The Morgan fingerprint density at radius 2 is 1.93 bits per heavy atom. The average Bonchev–Trinajstić information content (AvgIpc) is 2.78. The molecule has 7 nitrogen and oxygen atoms in total. The van der Waals surface area contributed by atoms with Gasteiger partial charge in [-0.25, -0.2) is 9.98 Å². The number of hydrogen-bond acceptors (Lipinski definition) is 5. The number of piperazine rings is 1. The number of ether oxygens (including phenoxy) is 2. The highest BCUT2D eigenvalue weighted by Crippen LogP contribution is 2.15. The van der Waals surface area contributed by atoms with E-state index in [0.717, 1.165) is 55.8 Å². The molecule has 0 saturated carbocycles. The second-order valence-corrected chi connectivity index (χ2v) is 6.82. The molecule has 1 aromatic heterocycles. The van der Waals surface area contributed by atoms with Crippen molar-refractivity contribution in [3.8, 4) is 5.75 Å². The van der Waals surface area contributed by atoms with Crippen LogP contribution in [-0.2, 0) is 11.3 Å². The van der Waals surface area contributed by atoms with Crippen molar-refractivity contribution in [1.29, 1.82) is 0 Å². The van der Waals surface area contributed by atoms with Crippen LogP contribution in [0.4, 0.5) is 5.82 Å². The minimum absolute atomic E-state index is 0. The van der Waals surface area contributed by atoms with E-state index in [1.165, 1.54) is 0 Å². The quantitative estimate of drug-likeness (QED) is 0.248. The second kappa shape index (κ2) is 13.3. The maximum Gasteiger partial charge on any atom is 0.194 e. The number of aromatic nitrogens is 1. The van der Waals surface area contributed by atoms with E-state index in [1.54, 1.807) is 7.11 Å². The topological polar surface area (TPSA) is 62.2 Å².